The number of nitrogens with zero attached hydrogens (tertiary/aromatic N) is 1. The monoisotopic (exact) mass is 352 g/mol. The van der Waals surface area contributed by atoms with Gasteiger partial charge in [0.2, 0.25) is 12.7 Å². The number of hydrogen-bond acceptors (Lipinski definition) is 4. The normalized spacial score (nSPS) is 17.2. The summed E-state index contributed by atoms with van der Waals surface area (Å²) in [6, 6.07) is 3.40. The van der Waals surface area contributed by atoms with Crippen LogP contribution in [0.4, 0.5) is 0 Å². The fraction of sp³-hybridized carbons (Fsp3) is 0.529. The van der Waals surface area contributed by atoms with Gasteiger partial charge in [-0.2, -0.15) is 0 Å². The Kier molecular flexibility index (Phi) is 4.85. The van der Waals surface area contributed by atoms with Crippen LogP contribution < -0.4 is 14.8 Å². The van der Waals surface area contributed by atoms with Crippen LogP contribution in [-0.4, -0.2) is 42.6 Å². The molecule has 6 nitrogen and oxygen atoms in total. The van der Waals surface area contributed by atoms with Crippen LogP contribution in [0.5, 0.6) is 11.5 Å². The standard InChI is InChI=1S/C17H21ClN2O4/c1-10(2)19-16(21)11-3-5-20(6-4-11)17(22)12-7-13(18)15-14(8-12)23-9-24-15/h7-8,10-11H,3-6,9H2,1-2H3,(H,19,21). The molecular weight excluding hydrogens is 332 g/mol. The van der Waals surface area contributed by atoms with Crippen LogP contribution in [0.2, 0.25) is 5.02 Å². The van der Waals surface area contributed by atoms with Gasteiger partial charge >= 0.3 is 0 Å². The Morgan fingerprint density at radius 3 is 2.62 bits per heavy atom. The summed E-state index contributed by atoms with van der Waals surface area (Å²) in [6.45, 7) is 5.12. The number of carbonyl (C=O) groups is 2. The van der Waals surface area contributed by atoms with Crippen LogP contribution in [-0.2, 0) is 4.79 Å². The Balaban J connectivity index is 1.64. The van der Waals surface area contributed by atoms with Gasteiger partial charge in [0.15, 0.2) is 11.5 Å². The molecule has 0 saturated carbocycles. The largest absolute Gasteiger partial charge is 0.454 e. The third-order valence-electron chi connectivity index (χ3n) is 4.26. The van der Waals surface area contributed by atoms with Crippen LogP contribution >= 0.6 is 11.6 Å². The molecule has 0 aliphatic carbocycles. The van der Waals surface area contributed by atoms with Crippen molar-refractivity contribution in [3.05, 3.63) is 22.7 Å². The van der Waals surface area contributed by atoms with E-state index in [4.69, 9.17) is 21.1 Å². The number of fused-ring (bicyclic) bond motifs is 1. The van der Waals surface area contributed by atoms with E-state index in [-0.39, 0.29) is 30.6 Å². The van der Waals surface area contributed by atoms with E-state index in [1.807, 2.05) is 13.8 Å². The van der Waals surface area contributed by atoms with E-state index in [1.54, 1.807) is 17.0 Å². The molecule has 2 amide bonds. The number of piperidine rings is 1. The highest BCUT2D eigenvalue weighted by molar-refractivity contribution is 6.32. The Hall–Kier alpha value is -1.95. The Morgan fingerprint density at radius 2 is 1.96 bits per heavy atom. The van der Waals surface area contributed by atoms with Crippen molar-refractivity contribution in [2.24, 2.45) is 5.92 Å². The number of ether oxygens (including phenoxy) is 2. The topological polar surface area (TPSA) is 67.9 Å². The maximum Gasteiger partial charge on any atom is 0.254 e. The van der Waals surface area contributed by atoms with Gasteiger partial charge in [0, 0.05) is 30.6 Å². The summed E-state index contributed by atoms with van der Waals surface area (Å²) in [5.41, 5.74) is 0.481. The van der Waals surface area contributed by atoms with Crippen LogP contribution in [0.3, 0.4) is 0 Å². The first-order valence-corrected chi connectivity index (χ1v) is 8.52. The first-order chi connectivity index (χ1) is 11.5. The molecule has 130 valence electrons. The van der Waals surface area contributed by atoms with Crippen molar-refractivity contribution < 1.29 is 19.1 Å². The molecule has 1 saturated heterocycles. The zero-order valence-corrected chi connectivity index (χ0v) is 14.6. The van der Waals surface area contributed by atoms with Gasteiger partial charge in [0.25, 0.3) is 5.91 Å². The first kappa shape index (κ1) is 16.9. The van der Waals surface area contributed by atoms with E-state index < -0.39 is 0 Å². The van der Waals surface area contributed by atoms with Gasteiger partial charge in [-0.3, -0.25) is 9.59 Å². The highest BCUT2D eigenvalue weighted by Crippen LogP contribution is 2.40. The predicted octanol–water partition coefficient (Wildman–Crippen LogP) is 2.45. The van der Waals surface area contributed by atoms with Crippen molar-refractivity contribution in [3.8, 4) is 11.5 Å². The Morgan fingerprint density at radius 1 is 1.25 bits per heavy atom. The number of likely N-dealkylation sites (tertiary alicyclic amines) is 1. The van der Waals surface area contributed by atoms with E-state index in [9.17, 15) is 9.59 Å². The quantitative estimate of drug-likeness (QED) is 0.907. The smallest absolute Gasteiger partial charge is 0.254 e. The lowest BCUT2D eigenvalue weighted by molar-refractivity contribution is -0.126. The molecular formula is C17H21ClN2O4. The lowest BCUT2D eigenvalue weighted by Crippen LogP contribution is -2.44. The lowest BCUT2D eigenvalue weighted by atomic mass is 9.95. The molecule has 0 aromatic heterocycles. The molecule has 7 heteroatoms. The average molecular weight is 353 g/mol. The minimum absolute atomic E-state index is 0.0307. The summed E-state index contributed by atoms with van der Waals surface area (Å²) in [6.07, 6.45) is 1.34. The number of benzene rings is 1. The number of hydrogen-bond donors (Lipinski definition) is 1. The van der Waals surface area contributed by atoms with Crippen molar-refractivity contribution in [1.29, 1.82) is 0 Å². The maximum atomic E-state index is 12.7. The van der Waals surface area contributed by atoms with Crippen molar-refractivity contribution in [1.82, 2.24) is 10.2 Å². The fourth-order valence-corrected chi connectivity index (χ4v) is 3.29. The third-order valence-corrected chi connectivity index (χ3v) is 4.54. The number of halogens is 1. The van der Waals surface area contributed by atoms with Gasteiger partial charge in [-0.1, -0.05) is 11.6 Å². The van der Waals surface area contributed by atoms with Crippen LogP contribution in [0.15, 0.2) is 12.1 Å². The summed E-state index contributed by atoms with van der Waals surface area (Å²) in [7, 11) is 0. The van der Waals surface area contributed by atoms with Crippen LogP contribution in [0, 0.1) is 5.92 Å². The van der Waals surface area contributed by atoms with Gasteiger partial charge in [-0.05, 0) is 38.8 Å². The molecule has 3 rings (SSSR count). The molecule has 1 N–H and O–H groups in total. The minimum atomic E-state index is -0.0992. The fourth-order valence-electron chi connectivity index (χ4n) is 3.02. The maximum absolute atomic E-state index is 12.7. The van der Waals surface area contributed by atoms with Gasteiger partial charge < -0.3 is 19.7 Å². The highest BCUT2D eigenvalue weighted by Gasteiger charge is 2.29. The van der Waals surface area contributed by atoms with Gasteiger partial charge in [-0.15, -0.1) is 0 Å². The first-order valence-electron chi connectivity index (χ1n) is 8.14. The van der Waals surface area contributed by atoms with E-state index in [0.29, 0.717) is 48.0 Å². The third kappa shape index (κ3) is 3.43. The molecule has 1 fully saturated rings. The second-order valence-corrected chi connectivity index (χ2v) is 6.83. The molecule has 1 aromatic rings. The molecule has 1 aromatic carbocycles. The molecule has 2 aliphatic rings. The number of amides is 2. The van der Waals surface area contributed by atoms with Gasteiger partial charge in [0.1, 0.15) is 0 Å². The molecule has 0 atom stereocenters. The zero-order chi connectivity index (χ0) is 17.3. The van der Waals surface area contributed by atoms with Crippen LogP contribution in [0.1, 0.15) is 37.0 Å². The molecule has 0 radical (unpaired) electrons. The lowest BCUT2D eigenvalue weighted by Gasteiger charge is -2.31. The van der Waals surface area contributed by atoms with Crippen LogP contribution in [0.25, 0.3) is 0 Å². The molecule has 0 spiro atoms. The second-order valence-electron chi connectivity index (χ2n) is 6.42. The average Bonchev–Trinajstić information content (AvgIpc) is 3.03. The summed E-state index contributed by atoms with van der Waals surface area (Å²) >= 11 is 6.14. The minimum Gasteiger partial charge on any atom is -0.454 e. The van der Waals surface area contributed by atoms with E-state index in [1.165, 1.54) is 0 Å². The van der Waals surface area contributed by atoms with E-state index in [0.717, 1.165) is 0 Å². The van der Waals surface area contributed by atoms with Crippen molar-refractivity contribution in [3.63, 3.8) is 0 Å². The number of nitrogens with one attached hydrogen (secondary N) is 1. The molecule has 0 unspecified atom stereocenters. The molecule has 0 bridgehead atoms. The van der Waals surface area contributed by atoms with Crippen molar-refractivity contribution >= 4 is 23.4 Å². The zero-order valence-electron chi connectivity index (χ0n) is 13.8. The summed E-state index contributed by atoms with van der Waals surface area (Å²) in [5, 5.41) is 3.31. The Labute approximate surface area is 146 Å². The summed E-state index contributed by atoms with van der Waals surface area (Å²) in [5.74, 6) is 0.923. The summed E-state index contributed by atoms with van der Waals surface area (Å²) in [4.78, 5) is 26.5. The van der Waals surface area contributed by atoms with Gasteiger partial charge in [0.05, 0.1) is 5.02 Å². The molecule has 2 aliphatic heterocycles. The van der Waals surface area contributed by atoms with Gasteiger partial charge in [-0.25, -0.2) is 0 Å². The van der Waals surface area contributed by atoms with E-state index >= 15 is 0 Å². The number of rotatable bonds is 3. The Bertz CT molecular complexity index is 654. The predicted molar refractivity (Wildman–Crippen MR) is 89.5 cm³/mol. The summed E-state index contributed by atoms with van der Waals surface area (Å²) < 4.78 is 10.6. The SMILES string of the molecule is CC(C)NC(=O)C1CCN(C(=O)c2cc(Cl)c3c(c2)OCO3)CC1. The molecule has 2 heterocycles. The van der Waals surface area contributed by atoms with Crippen molar-refractivity contribution in [2.75, 3.05) is 19.9 Å². The van der Waals surface area contributed by atoms with E-state index in [2.05, 4.69) is 5.32 Å². The highest BCUT2D eigenvalue weighted by atomic mass is 35.5. The van der Waals surface area contributed by atoms with Crippen molar-refractivity contribution in [2.45, 2.75) is 32.7 Å². The number of carbonyl (C=O) groups excluding carboxylic acids is 2. The molecule has 24 heavy (non-hydrogen) atoms. The second kappa shape index (κ2) is 6.89.